The van der Waals surface area contributed by atoms with Gasteiger partial charge in [0.15, 0.2) is 0 Å². The summed E-state index contributed by atoms with van der Waals surface area (Å²) >= 11 is 0. The van der Waals surface area contributed by atoms with Gasteiger partial charge >= 0.3 is 0 Å². The highest BCUT2D eigenvalue weighted by Gasteiger charge is 2.28. The van der Waals surface area contributed by atoms with Crippen molar-refractivity contribution >= 4 is 5.91 Å². The topological polar surface area (TPSA) is 110 Å². The molecule has 4 unspecified atom stereocenters. The predicted molar refractivity (Wildman–Crippen MR) is 274 cm³/mol. The van der Waals surface area contributed by atoms with Crippen molar-refractivity contribution < 1.29 is 25.2 Å². The molecule has 1 amide bonds. The number of unbranched alkanes of at least 4 members (excludes halogenated alkanes) is 30. The van der Waals surface area contributed by atoms with Crippen LogP contribution in [0.4, 0.5) is 0 Å². The van der Waals surface area contributed by atoms with Crippen LogP contribution in [-0.4, -0.2) is 57.3 Å². The van der Waals surface area contributed by atoms with Crippen molar-refractivity contribution in [3.63, 3.8) is 0 Å². The van der Waals surface area contributed by atoms with E-state index in [4.69, 9.17) is 0 Å². The van der Waals surface area contributed by atoms with Gasteiger partial charge in [-0.2, -0.15) is 0 Å². The third-order valence-corrected chi connectivity index (χ3v) is 12.4. The molecule has 0 aromatic carbocycles. The largest absolute Gasteiger partial charge is 0.394 e. The summed E-state index contributed by atoms with van der Waals surface area (Å²) in [6, 6.07) is -1.02. The number of aliphatic hydroxyl groups excluding tert-OH is 4. The van der Waals surface area contributed by atoms with E-state index in [1.54, 1.807) is 0 Å². The molecule has 0 aliphatic rings. The van der Waals surface area contributed by atoms with Crippen LogP contribution in [0.2, 0.25) is 0 Å². The van der Waals surface area contributed by atoms with Crippen molar-refractivity contribution in [2.24, 2.45) is 0 Å². The molecule has 0 saturated heterocycles. The van der Waals surface area contributed by atoms with E-state index in [2.05, 4.69) is 79.9 Å². The Morgan fingerprint density at radius 2 is 0.714 bits per heavy atom. The van der Waals surface area contributed by atoms with Gasteiger partial charge in [-0.1, -0.05) is 229 Å². The summed E-state index contributed by atoms with van der Waals surface area (Å²) in [6.45, 7) is 4.05. The highest BCUT2D eigenvalue weighted by molar-refractivity contribution is 5.80. The van der Waals surface area contributed by atoms with Gasteiger partial charge in [-0.25, -0.2) is 0 Å². The Kier molecular flexibility index (Phi) is 49.4. The molecule has 5 N–H and O–H groups in total. The SMILES string of the molecule is CCCCCCCCCCC/C=C\C/C=C\CCCCCCCCC(O)C(=O)NC(CO)C(O)C(O)CCC/C=C/CC/C=C/CC/C=C/CCCCCCCCCCCCCC. The molecule has 0 saturated carbocycles. The first-order chi connectivity index (χ1) is 31.0. The molecule has 63 heavy (non-hydrogen) atoms. The summed E-state index contributed by atoms with van der Waals surface area (Å²) in [5.74, 6) is -0.607. The summed E-state index contributed by atoms with van der Waals surface area (Å²) in [5.41, 5.74) is 0. The summed E-state index contributed by atoms with van der Waals surface area (Å²) in [4.78, 5) is 12.6. The van der Waals surface area contributed by atoms with Crippen LogP contribution in [-0.2, 0) is 4.79 Å². The third kappa shape index (κ3) is 45.0. The number of nitrogens with one attached hydrogen (secondary N) is 1. The number of rotatable bonds is 49. The van der Waals surface area contributed by atoms with Crippen LogP contribution in [0.5, 0.6) is 0 Å². The highest BCUT2D eigenvalue weighted by atomic mass is 16.3. The van der Waals surface area contributed by atoms with E-state index in [1.165, 1.54) is 161 Å². The van der Waals surface area contributed by atoms with Crippen molar-refractivity contribution in [1.29, 1.82) is 0 Å². The quantitative estimate of drug-likeness (QED) is 0.0309. The Labute approximate surface area is 391 Å². The fourth-order valence-electron chi connectivity index (χ4n) is 8.11. The summed E-state index contributed by atoms with van der Waals surface area (Å²) in [7, 11) is 0. The van der Waals surface area contributed by atoms with Crippen LogP contribution in [0.15, 0.2) is 60.8 Å². The van der Waals surface area contributed by atoms with Crippen LogP contribution in [0.1, 0.15) is 264 Å². The fourth-order valence-corrected chi connectivity index (χ4v) is 8.11. The first-order valence-corrected chi connectivity index (χ1v) is 27.2. The highest BCUT2D eigenvalue weighted by Crippen LogP contribution is 2.15. The molecule has 0 aromatic rings. The second-order valence-electron chi connectivity index (χ2n) is 18.5. The summed E-state index contributed by atoms with van der Waals surface area (Å²) in [5, 5.41) is 43.9. The minimum atomic E-state index is -1.30. The molecule has 6 heteroatoms. The van der Waals surface area contributed by atoms with Crippen LogP contribution in [0.3, 0.4) is 0 Å². The van der Waals surface area contributed by atoms with Crippen LogP contribution >= 0.6 is 0 Å². The molecule has 0 aliphatic heterocycles. The van der Waals surface area contributed by atoms with Crippen molar-refractivity contribution in [2.45, 2.75) is 289 Å². The zero-order valence-corrected chi connectivity index (χ0v) is 41.6. The standard InChI is InChI=1S/C57H105NO5/c1-3-5-7-9-11-13-15-17-19-21-23-25-27-28-29-31-32-34-36-38-40-42-44-46-48-50-54(60)56(62)53(52-59)58-57(63)55(61)51-49-47-45-43-41-39-37-35-33-30-26-24-22-20-18-16-14-12-10-8-6-4-2/h24,26,28-29,33-36,42,44,53-56,59-62H,3-23,25,27,30-32,37-41,43,45-52H2,1-2H3,(H,58,63)/b26-24-,29-28+,35-33-,36-34+,44-42+. The van der Waals surface area contributed by atoms with Crippen LogP contribution in [0, 0.1) is 0 Å². The maximum atomic E-state index is 12.6. The Hall–Kier alpha value is -1.99. The van der Waals surface area contributed by atoms with Crippen molar-refractivity contribution in [3.8, 4) is 0 Å². The molecule has 6 nitrogen and oxygen atoms in total. The number of hydrogen-bond donors (Lipinski definition) is 5. The normalized spacial score (nSPS) is 14.3. The van der Waals surface area contributed by atoms with Crippen LogP contribution < -0.4 is 5.32 Å². The number of aliphatic hydroxyl groups is 4. The van der Waals surface area contributed by atoms with E-state index in [0.717, 1.165) is 70.6 Å². The van der Waals surface area contributed by atoms with E-state index in [9.17, 15) is 25.2 Å². The minimum absolute atomic E-state index is 0.344. The van der Waals surface area contributed by atoms with Gasteiger partial charge in [-0.15, -0.1) is 0 Å². The average molecular weight is 884 g/mol. The monoisotopic (exact) mass is 884 g/mol. The summed E-state index contributed by atoms with van der Waals surface area (Å²) in [6.07, 6.45) is 65.6. The second kappa shape index (κ2) is 51.0. The molecule has 0 aromatic heterocycles. The maximum Gasteiger partial charge on any atom is 0.249 e. The molecule has 368 valence electrons. The number of carbonyl (C=O) groups excluding carboxylic acids is 1. The lowest BCUT2D eigenvalue weighted by Gasteiger charge is -2.27. The number of hydrogen-bond acceptors (Lipinski definition) is 5. The number of carbonyl (C=O) groups is 1. The van der Waals surface area contributed by atoms with E-state index in [-0.39, 0.29) is 0 Å². The third-order valence-electron chi connectivity index (χ3n) is 12.4. The Morgan fingerprint density at radius 3 is 1.10 bits per heavy atom. The molecular formula is C57H105NO5. The van der Waals surface area contributed by atoms with Gasteiger partial charge in [-0.05, 0) is 96.3 Å². The van der Waals surface area contributed by atoms with Gasteiger partial charge in [0.1, 0.15) is 12.2 Å². The predicted octanol–water partition coefficient (Wildman–Crippen LogP) is 15.6. The van der Waals surface area contributed by atoms with E-state index in [1.807, 2.05) is 0 Å². The van der Waals surface area contributed by atoms with Crippen molar-refractivity contribution in [1.82, 2.24) is 5.32 Å². The van der Waals surface area contributed by atoms with Crippen molar-refractivity contribution in [3.05, 3.63) is 60.8 Å². The van der Waals surface area contributed by atoms with Crippen molar-refractivity contribution in [2.75, 3.05) is 6.61 Å². The van der Waals surface area contributed by atoms with E-state index >= 15 is 0 Å². The maximum absolute atomic E-state index is 12.6. The first kappa shape index (κ1) is 61.0. The van der Waals surface area contributed by atoms with Gasteiger partial charge in [0.05, 0.1) is 18.8 Å². The molecule has 0 rings (SSSR count). The van der Waals surface area contributed by atoms with Gasteiger partial charge in [0.2, 0.25) is 5.91 Å². The molecule has 4 atom stereocenters. The minimum Gasteiger partial charge on any atom is -0.394 e. The zero-order valence-electron chi connectivity index (χ0n) is 41.6. The van der Waals surface area contributed by atoms with Gasteiger partial charge in [-0.3, -0.25) is 4.79 Å². The van der Waals surface area contributed by atoms with E-state index in [0.29, 0.717) is 19.3 Å². The van der Waals surface area contributed by atoms with Crippen LogP contribution in [0.25, 0.3) is 0 Å². The number of allylic oxidation sites excluding steroid dienone is 10. The zero-order chi connectivity index (χ0) is 45.9. The first-order valence-electron chi connectivity index (χ1n) is 27.2. The Balaban J connectivity index is 3.77. The molecule has 0 radical (unpaired) electrons. The van der Waals surface area contributed by atoms with E-state index < -0.39 is 36.9 Å². The fraction of sp³-hybridized carbons (Fsp3) is 0.807. The Morgan fingerprint density at radius 1 is 0.397 bits per heavy atom. The smallest absolute Gasteiger partial charge is 0.249 e. The van der Waals surface area contributed by atoms with Gasteiger partial charge in [0.25, 0.3) is 0 Å². The summed E-state index contributed by atoms with van der Waals surface area (Å²) < 4.78 is 0. The lowest BCUT2D eigenvalue weighted by Crippen LogP contribution is -2.53. The molecule has 0 heterocycles. The van der Waals surface area contributed by atoms with Gasteiger partial charge in [0, 0.05) is 0 Å². The lowest BCUT2D eigenvalue weighted by molar-refractivity contribution is -0.132. The molecule has 0 fully saturated rings. The molecule has 0 bridgehead atoms. The molecule has 0 aliphatic carbocycles. The Bertz CT molecular complexity index is 1080. The lowest BCUT2D eigenvalue weighted by atomic mass is 10.00. The average Bonchev–Trinajstić information content (AvgIpc) is 3.29. The van der Waals surface area contributed by atoms with Gasteiger partial charge < -0.3 is 25.7 Å². The second-order valence-corrected chi connectivity index (χ2v) is 18.5. The molecular weight excluding hydrogens is 779 g/mol. The molecule has 0 spiro atoms. The number of amides is 1.